The van der Waals surface area contributed by atoms with E-state index in [4.69, 9.17) is 4.74 Å². The van der Waals surface area contributed by atoms with Gasteiger partial charge in [-0.15, -0.1) is 0 Å². The van der Waals surface area contributed by atoms with Crippen molar-refractivity contribution in [3.05, 3.63) is 101 Å². The molecule has 0 radical (unpaired) electrons. The fourth-order valence-corrected chi connectivity index (χ4v) is 4.17. The quantitative estimate of drug-likeness (QED) is 0.275. The van der Waals surface area contributed by atoms with Crippen LogP contribution in [0.5, 0.6) is 5.75 Å². The molecule has 35 heavy (non-hydrogen) atoms. The zero-order chi connectivity index (χ0) is 24.9. The van der Waals surface area contributed by atoms with Gasteiger partial charge < -0.3 is 14.7 Å². The average Bonchev–Trinajstić information content (AvgIpc) is 3.13. The largest absolute Gasteiger partial charge is 0.507 e. The summed E-state index contributed by atoms with van der Waals surface area (Å²) in [5.74, 6) is -0.543. The van der Waals surface area contributed by atoms with Crippen molar-refractivity contribution < 1.29 is 19.4 Å². The van der Waals surface area contributed by atoms with Gasteiger partial charge in [0.05, 0.1) is 18.2 Å². The van der Waals surface area contributed by atoms with Crippen molar-refractivity contribution in [2.45, 2.75) is 39.8 Å². The van der Waals surface area contributed by atoms with Crippen LogP contribution in [0.25, 0.3) is 5.76 Å². The van der Waals surface area contributed by atoms with Gasteiger partial charge in [-0.1, -0.05) is 63.2 Å². The number of amides is 1. The number of Topliss-reactive ketones (excluding diaryl/α,β-unsaturated/α-hetero) is 1. The Hall–Kier alpha value is -3.93. The predicted octanol–water partition coefficient (Wildman–Crippen LogP) is 5.30. The molecule has 1 N–H and O–H groups in total. The van der Waals surface area contributed by atoms with Crippen LogP contribution in [0, 0.1) is 5.92 Å². The third-order valence-corrected chi connectivity index (χ3v) is 6.01. The van der Waals surface area contributed by atoms with Crippen molar-refractivity contribution >= 4 is 17.4 Å². The zero-order valence-corrected chi connectivity index (χ0v) is 20.3. The summed E-state index contributed by atoms with van der Waals surface area (Å²) in [5, 5.41) is 11.3. The van der Waals surface area contributed by atoms with E-state index >= 15 is 0 Å². The number of benzene rings is 2. The van der Waals surface area contributed by atoms with Crippen LogP contribution in [-0.2, 0) is 22.6 Å². The summed E-state index contributed by atoms with van der Waals surface area (Å²) in [5.41, 5.74) is 3.17. The van der Waals surface area contributed by atoms with Gasteiger partial charge in [0.1, 0.15) is 11.5 Å². The second kappa shape index (κ2) is 10.6. The van der Waals surface area contributed by atoms with E-state index < -0.39 is 17.7 Å². The maximum atomic E-state index is 13.3. The number of hydrogen-bond donors (Lipinski definition) is 1. The highest BCUT2D eigenvalue weighted by Gasteiger charge is 2.46. The van der Waals surface area contributed by atoms with Gasteiger partial charge >= 0.3 is 0 Å². The second-order valence-corrected chi connectivity index (χ2v) is 9.12. The third kappa shape index (κ3) is 5.27. The van der Waals surface area contributed by atoms with Gasteiger partial charge in [-0.2, -0.15) is 0 Å². The number of carbonyl (C=O) groups excluding carboxylic acids is 2. The molecule has 0 spiro atoms. The summed E-state index contributed by atoms with van der Waals surface area (Å²) in [6, 6.07) is 17.6. The van der Waals surface area contributed by atoms with Crippen LogP contribution >= 0.6 is 0 Å². The van der Waals surface area contributed by atoms with Gasteiger partial charge in [0.2, 0.25) is 0 Å². The molecule has 1 fully saturated rings. The van der Waals surface area contributed by atoms with Crippen LogP contribution in [-0.4, -0.2) is 33.3 Å². The topological polar surface area (TPSA) is 79.7 Å². The van der Waals surface area contributed by atoms with Crippen molar-refractivity contribution in [2.75, 3.05) is 6.61 Å². The summed E-state index contributed by atoms with van der Waals surface area (Å²) in [6.07, 6.45) is 4.19. The van der Waals surface area contributed by atoms with E-state index in [9.17, 15) is 14.7 Å². The molecule has 3 aromatic rings. The van der Waals surface area contributed by atoms with E-state index in [0.29, 0.717) is 29.4 Å². The first kappa shape index (κ1) is 24.2. The molecule has 1 atom stereocenters. The molecule has 6 nitrogen and oxygen atoms in total. The van der Waals surface area contributed by atoms with Gasteiger partial charge in [0.25, 0.3) is 11.7 Å². The molecule has 0 aliphatic carbocycles. The molecule has 4 rings (SSSR count). The maximum Gasteiger partial charge on any atom is 0.295 e. The number of likely N-dealkylation sites (tertiary alicyclic amines) is 1. The van der Waals surface area contributed by atoms with Crippen LogP contribution in [0.2, 0.25) is 0 Å². The Morgan fingerprint density at radius 2 is 1.83 bits per heavy atom. The molecular weight excluding hydrogens is 440 g/mol. The van der Waals surface area contributed by atoms with E-state index in [1.165, 1.54) is 4.90 Å². The number of hydrogen-bond acceptors (Lipinski definition) is 5. The minimum Gasteiger partial charge on any atom is -0.507 e. The minimum atomic E-state index is -0.761. The normalized spacial score (nSPS) is 17.3. The summed E-state index contributed by atoms with van der Waals surface area (Å²) in [4.78, 5) is 32.1. The fourth-order valence-electron chi connectivity index (χ4n) is 4.17. The smallest absolute Gasteiger partial charge is 0.295 e. The molecule has 1 amide bonds. The molecule has 180 valence electrons. The number of pyridine rings is 1. The minimum absolute atomic E-state index is 0.0733. The van der Waals surface area contributed by atoms with Gasteiger partial charge in [-0.05, 0) is 47.2 Å². The number of aryl methyl sites for hydroxylation is 1. The van der Waals surface area contributed by atoms with Crippen molar-refractivity contribution in [1.82, 2.24) is 9.88 Å². The lowest BCUT2D eigenvalue weighted by Crippen LogP contribution is -2.29. The lowest BCUT2D eigenvalue weighted by Gasteiger charge is -2.25. The number of ether oxygens (including phenoxy) is 1. The van der Waals surface area contributed by atoms with E-state index in [2.05, 4.69) is 18.8 Å². The Kier molecular flexibility index (Phi) is 7.30. The SMILES string of the molecule is CCc1ccc(/C(O)=C2/C(=O)C(=O)N(Cc3cccnc3)C2c2cccc(OCC(C)C)c2)cc1. The van der Waals surface area contributed by atoms with E-state index in [0.717, 1.165) is 17.5 Å². The lowest BCUT2D eigenvalue weighted by atomic mass is 9.94. The Bertz CT molecular complexity index is 1230. The standard InChI is InChI=1S/C29H30N2O4/c1-4-20-10-12-22(13-11-20)27(32)25-26(23-8-5-9-24(15-23)35-18-19(2)3)31(29(34)28(25)33)17-21-7-6-14-30-16-21/h5-16,19,26,32H,4,17-18H2,1-3H3/b27-25-. The average molecular weight is 471 g/mol. The number of aliphatic hydroxyl groups is 1. The van der Waals surface area contributed by atoms with Gasteiger partial charge in [-0.25, -0.2) is 0 Å². The van der Waals surface area contributed by atoms with E-state index in [1.54, 1.807) is 30.6 Å². The summed E-state index contributed by atoms with van der Waals surface area (Å²) >= 11 is 0. The van der Waals surface area contributed by atoms with Crippen molar-refractivity contribution in [2.24, 2.45) is 5.92 Å². The molecule has 2 aromatic carbocycles. The highest BCUT2D eigenvalue weighted by atomic mass is 16.5. The summed E-state index contributed by atoms with van der Waals surface area (Å²) < 4.78 is 5.90. The third-order valence-electron chi connectivity index (χ3n) is 6.01. The van der Waals surface area contributed by atoms with E-state index in [-0.39, 0.29) is 17.9 Å². The van der Waals surface area contributed by atoms with Crippen LogP contribution in [0.3, 0.4) is 0 Å². The molecule has 1 unspecified atom stereocenters. The molecular formula is C29H30N2O4. The number of nitrogens with zero attached hydrogens (tertiary/aromatic N) is 2. The Morgan fingerprint density at radius 1 is 1.06 bits per heavy atom. The van der Waals surface area contributed by atoms with Crippen molar-refractivity contribution in [3.63, 3.8) is 0 Å². The highest BCUT2D eigenvalue weighted by molar-refractivity contribution is 6.46. The lowest BCUT2D eigenvalue weighted by molar-refractivity contribution is -0.140. The number of rotatable bonds is 8. The van der Waals surface area contributed by atoms with Crippen LogP contribution in [0.4, 0.5) is 0 Å². The first-order valence-corrected chi connectivity index (χ1v) is 11.9. The second-order valence-electron chi connectivity index (χ2n) is 9.12. The molecule has 1 aliphatic rings. The molecule has 0 bridgehead atoms. The number of aliphatic hydroxyl groups excluding tert-OH is 1. The number of ketones is 1. The van der Waals surface area contributed by atoms with Gasteiger partial charge in [0, 0.05) is 24.5 Å². The summed E-state index contributed by atoms with van der Waals surface area (Å²) in [6.45, 7) is 6.91. The monoisotopic (exact) mass is 470 g/mol. The van der Waals surface area contributed by atoms with Crippen molar-refractivity contribution in [3.8, 4) is 5.75 Å². The Morgan fingerprint density at radius 3 is 2.49 bits per heavy atom. The van der Waals surface area contributed by atoms with Crippen LogP contribution < -0.4 is 4.74 Å². The van der Waals surface area contributed by atoms with Crippen LogP contribution in [0.1, 0.15) is 49.1 Å². The van der Waals surface area contributed by atoms with Gasteiger partial charge in [0.15, 0.2) is 0 Å². The fraction of sp³-hybridized carbons (Fsp3) is 0.276. The molecule has 1 saturated heterocycles. The zero-order valence-electron chi connectivity index (χ0n) is 20.3. The molecule has 0 saturated carbocycles. The Balaban J connectivity index is 1.81. The first-order valence-electron chi connectivity index (χ1n) is 11.9. The van der Waals surface area contributed by atoms with Crippen molar-refractivity contribution in [1.29, 1.82) is 0 Å². The highest BCUT2D eigenvalue weighted by Crippen LogP contribution is 2.41. The first-order chi connectivity index (χ1) is 16.9. The molecule has 1 aromatic heterocycles. The van der Waals surface area contributed by atoms with E-state index in [1.807, 2.05) is 49.4 Å². The number of aromatic nitrogens is 1. The molecule has 6 heteroatoms. The maximum absolute atomic E-state index is 13.3. The summed E-state index contributed by atoms with van der Waals surface area (Å²) in [7, 11) is 0. The van der Waals surface area contributed by atoms with Gasteiger partial charge in [-0.3, -0.25) is 14.6 Å². The van der Waals surface area contributed by atoms with Crippen LogP contribution in [0.15, 0.2) is 78.6 Å². The number of carbonyl (C=O) groups is 2. The molecule has 2 heterocycles. The molecule has 1 aliphatic heterocycles. The predicted molar refractivity (Wildman–Crippen MR) is 135 cm³/mol. The Labute approximate surface area is 205 Å².